The zero-order chi connectivity index (χ0) is 13.1. The van der Waals surface area contributed by atoms with E-state index < -0.39 is 5.82 Å². The van der Waals surface area contributed by atoms with Crippen LogP contribution in [0.2, 0.25) is 0 Å². The smallest absolute Gasteiger partial charge is 0.172 e. The van der Waals surface area contributed by atoms with Crippen LogP contribution < -0.4 is 10.5 Å². The van der Waals surface area contributed by atoms with Crippen LogP contribution in [0.15, 0.2) is 22.7 Å². The average Bonchev–Trinajstić information content (AvgIpc) is 2.75. The van der Waals surface area contributed by atoms with Gasteiger partial charge in [-0.3, -0.25) is 0 Å². The number of benzene rings is 1. The van der Waals surface area contributed by atoms with E-state index in [-0.39, 0.29) is 18.2 Å². The van der Waals surface area contributed by atoms with Crippen molar-refractivity contribution >= 4 is 5.82 Å². The number of nitrogens with zero attached hydrogens (tertiary/aromatic N) is 1. The van der Waals surface area contributed by atoms with Crippen molar-refractivity contribution in [2.24, 2.45) is 0 Å². The molecular weight excluding hydrogens is 239 g/mol. The van der Waals surface area contributed by atoms with Crippen LogP contribution in [0.5, 0.6) is 5.75 Å². The predicted octanol–water partition coefficient (Wildman–Crippen LogP) is 2.22. The SMILES string of the molecule is COCc1cc(F)c(OC)c(-c2cc(N)no2)c1. The van der Waals surface area contributed by atoms with Gasteiger partial charge in [0, 0.05) is 13.2 Å². The van der Waals surface area contributed by atoms with E-state index in [2.05, 4.69) is 5.16 Å². The van der Waals surface area contributed by atoms with Gasteiger partial charge in [0.25, 0.3) is 0 Å². The topological polar surface area (TPSA) is 70.5 Å². The van der Waals surface area contributed by atoms with Gasteiger partial charge in [-0.05, 0) is 17.7 Å². The summed E-state index contributed by atoms with van der Waals surface area (Å²) in [5.74, 6) is 0.175. The van der Waals surface area contributed by atoms with Crippen molar-refractivity contribution in [3.63, 3.8) is 0 Å². The normalized spacial score (nSPS) is 10.6. The third kappa shape index (κ3) is 2.28. The van der Waals surface area contributed by atoms with Crippen LogP contribution in [0.1, 0.15) is 5.56 Å². The Labute approximate surface area is 103 Å². The number of hydrogen-bond donors (Lipinski definition) is 1. The van der Waals surface area contributed by atoms with Crippen LogP contribution in [0.3, 0.4) is 0 Å². The van der Waals surface area contributed by atoms with Crippen molar-refractivity contribution in [1.82, 2.24) is 5.16 Å². The maximum Gasteiger partial charge on any atom is 0.172 e. The molecule has 2 rings (SSSR count). The fourth-order valence-electron chi connectivity index (χ4n) is 1.71. The Morgan fingerprint density at radius 2 is 2.11 bits per heavy atom. The molecule has 0 aliphatic carbocycles. The lowest BCUT2D eigenvalue weighted by molar-refractivity contribution is 0.184. The fourth-order valence-corrected chi connectivity index (χ4v) is 1.71. The van der Waals surface area contributed by atoms with Gasteiger partial charge in [-0.15, -0.1) is 0 Å². The van der Waals surface area contributed by atoms with Gasteiger partial charge in [-0.25, -0.2) is 4.39 Å². The largest absolute Gasteiger partial charge is 0.493 e. The first-order valence-corrected chi connectivity index (χ1v) is 5.23. The van der Waals surface area contributed by atoms with E-state index in [0.717, 1.165) is 0 Å². The molecule has 6 heteroatoms. The number of nitrogens with two attached hydrogens (primary N) is 1. The Morgan fingerprint density at radius 3 is 2.67 bits per heavy atom. The Hall–Kier alpha value is -2.08. The van der Waals surface area contributed by atoms with E-state index in [1.165, 1.54) is 26.4 Å². The number of hydrogen-bond acceptors (Lipinski definition) is 5. The number of methoxy groups -OCH3 is 2. The molecule has 2 aromatic rings. The summed E-state index contributed by atoms with van der Waals surface area (Å²) >= 11 is 0. The fraction of sp³-hybridized carbons (Fsp3) is 0.250. The Balaban J connectivity index is 2.55. The third-order valence-corrected chi connectivity index (χ3v) is 2.41. The molecule has 0 aliphatic heterocycles. The monoisotopic (exact) mass is 252 g/mol. The molecule has 18 heavy (non-hydrogen) atoms. The highest BCUT2D eigenvalue weighted by Gasteiger charge is 2.16. The van der Waals surface area contributed by atoms with Gasteiger partial charge in [0.15, 0.2) is 23.1 Å². The molecule has 0 radical (unpaired) electrons. The molecule has 5 nitrogen and oxygen atoms in total. The molecule has 0 amide bonds. The van der Waals surface area contributed by atoms with E-state index in [1.54, 1.807) is 6.07 Å². The first kappa shape index (κ1) is 12.4. The zero-order valence-corrected chi connectivity index (χ0v) is 10.1. The van der Waals surface area contributed by atoms with E-state index in [0.29, 0.717) is 16.9 Å². The molecule has 0 saturated heterocycles. The number of halogens is 1. The molecule has 0 aliphatic rings. The van der Waals surface area contributed by atoms with E-state index >= 15 is 0 Å². The first-order chi connectivity index (χ1) is 8.65. The van der Waals surface area contributed by atoms with Crippen molar-refractivity contribution in [2.45, 2.75) is 6.61 Å². The minimum absolute atomic E-state index is 0.0889. The van der Waals surface area contributed by atoms with Crippen molar-refractivity contribution in [2.75, 3.05) is 20.0 Å². The summed E-state index contributed by atoms with van der Waals surface area (Å²) in [5.41, 5.74) is 6.60. The Morgan fingerprint density at radius 1 is 1.33 bits per heavy atom. The number of nitrogen functional groups attached to an aromatic ring is 1. The second kappa shape index (κ2) is 5.05. The summed E-state index contributed by atoms with van der Waals surface area (Å²) in [6, 6.07) is 4.57. The average molecular weight is 252 g/mol. The Kier molecular flexibility index (Phi) is 3.47. The van der Waals surface area contributed by atoms with Crippen molar-refractivity contribution < 1.29 is 18.4 Å². The standard InChI is InChI=1S/C12H13FN2O3/c1-16-6-7-3-8(10-5-11(14)15-18-10)12(17-2)9(13)4-7/h3-5H,6H2,1-2H3,(H2,14,15). The summed E-state index contributed by atoms with van der Waals surface area (Å²) in [5, 5.41) is 3.57. The summed E-state index contributed by atoms with van der Waals surface area (Å²) in [7, 11) is 2.92. The molecule has 1 aromatic heterocycles. The highest BCUT2D eigenvalue weighted by Crippen LogP contribution is 2.34. The second-order valence-corrected chi connectivity index (χ2v) is 3.71. The summed E-state index contributed by atoms with van der Waals surface area (Å²) in [4.78, 5) is 0. The number of ether oxygens (including phenoxy) is 2. The number of rotatable bonds is 4. The quantitative estimate of drug-likeness (QED) is 0.903. The van der Waals surface area contributed by atoms with Gasteiger partial charge < -0.3 is 19.7 Å². The molecule has 0 spiro atoms. The van der Waals surface area contributed by atoms with Crippen LogP contribution in [0.4, 0.5) is 10.2 Å². The second-order valence-electron chi connectivity index (χ2n) is 3.71. The molecule has 96 valence electrons. The molecule has 0 saturated carbocycles. The summed E-state index contributed by atoms with van der Waals surface area (Å²) in [6.07, 6.45) is 0. The zero-order valence-electron chi connectivity index (χ0n) is 10.1. The van der Waals surface area contributed by atoms with Gasteiger partial charge in [0.1, 0.15) is 0 Å². The molecule has 1 heterocycles. The van der Waals surface area contributed by atoms with Crippen LogP contribution in [0, 0.1) is 5.82 Å². The molecule has 0 fully saturated rings. The molecule has 1 aromatic carbocycles. The molecule has 2 N–H and O–H groups in total. The minimum Gasteiger partial charge on any atom is -0.493 e. The van der Waals surface area contributed by atoms with Gasteiger partial charge in [-0.1, -0.05) is 5.16 Å². The lowest BCUT2D eigenvalue weighted by Crippen LogP contribution is -1.96. The van der Waals surface area contributed by atoms with Gasteiger partial charge >= 0.3 is 0 Å². The van der Waals surface area contributed by atoms with Gasteiger partial charge in [-0.2, -0.15) is 0 Å². The molecule has 0 atom stereocenters. The highest BCUT2D eigenvalue weighted by atomic mass is 19.1. The van der Waals surface area contributed by atoms with E-state index in [9.17, 15) is 4.39 Å². The minimum atomic E-state index is -0.489. The van der Waals surface area contributed by atoms with Crippen molar-refractivity contribution in [1.29, 1.82) is 0 Å². The van der Waals surface area contributed by atoms with E-state index in [4.69, 9.17) is 19.7 Å². The lowest BCUT2D eigenvalue weighted by Gasteiger charge is -2.09. The first-order valence-electron chi connectivity index (χ1n) is 5.23. The van der Waals surface area contributed by atoms with Gasteiger partial charge in [0.05, 0.1) is 19.3 Å². The highest BCUT2D eigenvalue weighted by molar-refractivity contribution is 5.68. The molecular formula is C12H13FN2O3. The van der Waals surface area contributed by atoms with Crippen LogP contribution >= 0.6 is 0 Å². The third-order valence-electron chi connectivity index (χ3n) is 2.41. The summed E-state index contributed by atoms with van der Waals surface area (Å²) in [6.45, 7) is 0.289. The van der Waals surface area contributed by atoms with Crippen LogP contribution in [-0.2, 0) is 11.3 Å². The molecule has 0 bridgehead atoms. The van der Waals surface area contributed by atoms with Crippen molar-refractivity contribution in [3.8, 4) is 17.1 Å². The maximum absolute atomic E-state index is 13.9. The van der Waals surface area contributed by atoms with Gasteiger partial charge in [0.2, 0.25) is 0 Å². The number of anilines is 1. The number of aromatic nitrogens is 1. The Bertz CT molecular complexity index is 554. The lowest BCUT2D eigenvalue weighted by atomic mass is 10.1. The van der Waals surface area contributed by atoms with Crippen molar-refractivity contribution in [3.05, 3.63) is 29.6 Å². The molecule has 0 unspecified atom stereocenters. The maximum atomic E-state index is 13.9. The predicted molar refractivity (Wildman–Crippen MR) is 63.6 cm³/mol. The van der Waals surface area contributed by atoms with Crippen LogP contribution in [-0.4, -0.2) is 19.4 Å². The summed E-state index contributed by atoms with van der Waals surface area (Å²) < 4.78 is 28.9. The van der Waals surface area contributed by atoms with Crippen LogP contribution in [0.25, 0.3) is 11.3 Å². The van der Waals surface area contributed by atoms with E-state index in [1.807, 2.05) is 0 Å².